The number of rotatable bonds is 3. The molecule has 0 bridgehead atoms. The van der Waals surface area contributed by atoms with Gasteiger partial charge in [0.2, 0.25) is 0 Å². The van der Waals surface area contributed by atoms with Gasteiger partial charge in [0, 0.05) is 26.0 Å². The zero-order chi connectivity index (χ0) is 16.5. The number of nitrogens with zero attached hydrogens (tertiary/aromatic N) is 4. The fourth-order valence-corrected chi connectivity index (χ4v) is 2.05. The molecule has 8 heteroatoms. The lowest BCUT2D eigenvalue weighted by atomic mass is 10.2. The Morgan fingerprint density at radius 1 is 1.41 bits per heavy atom. The largest absolute Gasteiger partial charge is 0.435 e. The van der Waals surface area contributed by atoms with Gasteiger partial charge in [-0.15, -0.1) is 0 Å². The first-order chi connectivity index (χ1) is 10.3. The molecule has 0 atom stereocenters. The first-order valence-corrected chi connectivity index (χ1v) is 6.60. The van der Waals surface area contributed by atoms with Crippen LogP contribution in [-0.4, -0.2) is 27.7 Å². The summed E-state index contributed by atoms with van der Waals surface area (Å²) < 4.78 is 40.2. The molecule has 0 N–H and O–H groups in total. The standard InChI is InChI=1S/C14H15F3N4O/c1-4-21-8-10(11(19-21)14(15,16)17)13(22)20(3)12-9(2)6-5-7-18-12/h5-8H,4H2,1-3H3. The number of carbonyl (C=O) groups excluding carboxylic acids is 1. The fraction of sp³-hybridized carbons (Fsp3) is 0.357. The van der Waals surface area contributed by atoms with Crippen molar-refractivity contribution in [2.24, 2.45) is 0 Å². The first kappa shape index (κ1) is 16.0. The van der Waals surface area contributed by atoms with Crippen molar-refractivity contribution in [1.82, 2.24) is 14.8 Å². The van der Waals surface area contributed by atoms with Crippen LogP contribution < -0.4 is 4.90 Å². The van der Waals surface area contributed by atoms with Crippen molar-refractivity contribution in [2.45, 2.75) is 26.6 Å². The summed E-state index contributed by atoms with van der Waals surface area (Å²) >= 11 is 0. The van der Waals surface area contributed by atoms with Crippen LogP contribution in [0.4, 0.5) is 19.0 Å². The summed E-state index contributed by atoms with van der Waals surface area (Å²) in [6.07, 6.45) is -2.10. The van der Waals surface area contributed by atoms with Crippen LogP contribution >= 0.6 is 0 Å². The predicted molar refractivity (Wildman–Crippen MR) is 74.6 cm³/mol. The summed E-state index contributed by atoms with van der Waals surface area (Å²) in [6.45, 7) is 3.61. The van der Waals surface area contributed by atoms with Crippen molar-refractivity contribution in [3.05, 3.63) is 41.3 Å². The van der Waals surface area contributed by atoms with E-state index in [0.29, 0.717) is 11.4 Å². The van der Waals surface area contributed by atoms with Crippen LogP contribution in [-0.2, 0) is 12.7 Å². The Morgan fingerprint density at radius 2 is 2.09 bits per heavy atom. The van der Waals surface area contributed by atoms with Crippen LogP contribution in [0.25, 0.3) is 0 Å². The topological polar surface area (TPSA) is 51.0 Å². The summed E-state index contributed by atoms with van der Waals surface area (Å²) in [5.74, 6) is -0.487. The lowest BCUT2D eigenvalue weighted by molar-refractivity contribution is -0.141. The molecule has 0 fully saturated rings. The number of alkyl halides is 3. The first-order valence-electron chi connectivity index (χ1n) is 6.60. The van der Waals surface area contributed by atoms with Gasteiger partial charge in [0.25, 0.3) is 5.91 Å². The number of aryl methyl sites for hydroxylation is 2. The molecular weight excluding hydrogens is 297 g/mol. The number of aromatic nitrogens is 3. The van der Waals surface area contributed by atoms with Gasteiger partial charge in [-0.05, 0) is 25.5 Å². The third-order valence-corrected chi connectivity index (χ3v) is 3.19. The second-order valence-corrected chi connectivity index (χ2v) is 4.75. The van der Waals surface area contributed by atoms with E-state index in [1.54, 1.807) is 26.0 Å². The van der Waals surface area contributed by atoms with E-state index in [0.717, 1.165) is 15.8 Å². The Labute approximate surface area is 125 Å². The highest BCUT2D eigenvalue weighted by molar-refractivity contribution is 6.06. The van der Waals surface area contributed by atoms with Crippen molar-refractivity contribution in [1.29, 1.82) is 0 Å². The molecule has 0 aliphatic heterocycles. The molecule has 22 heavy (non-hydrogen) atoms. The van der Waals surface area contributed by atoms with Crippen LogP contribution in [0.15, 0.2) is 24.5 Å². The SMILES string of the molecule is CCn1cc(C(=O)N(C)c2ncccc2C)c(C(F)(F)F)n1. The van der Waals surface area contributed by atoms with E-state index in [2.05, 4.69) is 10.1 Å². The highest BCUT2D eigenvalue weighted by Gasteiger charge is 2.40. The number of pyridine rings is 1. The minimum absolute atomic E-state index is 0.239. The summed E-state index contributed by atoms with van der Waals surface area (Å²) in [6, 6.07) is 3.42. The number of hydrogen-bond acceptors (Lipinski definition) is 3. The molecule has 2 aromatic heterocycles. The summed E-state index contributed by atoms with van der Waals surface area (Å²) in [5.41, 5.74) is -0.975. The van der Waals surface area contributed by atoms with Crippen LogP contribution in [0.3, 0.4) is 0 Å². The molecule has 0 radical (unpaired) electrons. The van der Waals surface area contributed by atoms with Crippen molar-refractivity contribution >= 4 is 11.7 Å². The smallest absolute Gasteiger partial charge is 0.296 e. The quantitative estimate of drug-likeness (QED) is 0.875. The molecule has 0 saturated heterocycles. The van der Waals surface area contributed by atoms with Crippen LogP contribution in [0.2, 0.25) is 0 Å². The number of halogens is 3. The van der Waals surface area contributed by atoms with E-state index in [-0.39, 0.29) is 6.54 Å². The molecule has 2 aromatic rings. The van der Waals surface area contributed by atoms with Crippen molar-refractivity contribution in [3.8, 4) is 0 Å². The van der Waals surface area contributed by atoms with Gasteiger partial charge in [0.15, 0.2) is 5.69 Å². The molecule has 1 amide bonds. The second-order valence-electron chi connectivity index (χ2n) is 4.75. The van der Waals surface area contributed by atoms with E-state index < -0.39 is 23.3 Å². The second kappa shape index (κ2) is 5.78. The Kier molecular flexibility index (Phi) is 4.20. The van der Waals surface area contributed by atoms with E-state index in [9.17, 15) is 18.0 Å². The molecule has 2 rings (SSSR count). The third kappa shape index (κ3) is 2.95. The lowest BCUT2D eigenvalue weighted by Crippen LogP contribution is -2.29. The van der Waals surface area contributed by atoms with Crippen molar-refractivity contribution in [3.63, 3.8) is 0 Å². The van der Waals surface area contributed by atoms with Crippen LogP contribution in [0.1, 0.15) is 28.5 Å². The zero-order valence-corrected chi connectivity index (χ0v) is 12.3. The monoisotopic (exact) mass is 312 g/mol. The minimum atomic E-state index is -4.69. The molecule has 0 spiro atoms. The van der Waals surface area contributed by atoms with Gasteiger partial charge in [-0.2, -0.15) is 18.3 Å². The van der Waals surface area contributed by atoms with Crippen LogP contribution in [0, 0.1) is 6.92 Å². The van der Waals surface area contributed by atoms with E-state index in [1.165, 1.54) is 13.2 Å². The van der Waals surface area contributed by atoms with E-state index in [4.69, 9.17) is 0 Å². The minimum Gasteiger partial charge on any atom is -0.296 e. The average Bonchev–Trinajstić information content (AvgIpc) is 2.90. The molecular formula is C14H15F3N4O. The van der Waals surface area contributed by atoms with Gasteiger partial charge >= 0.3 is 6.18 Å². The maximum Gasteiger partial charge on any atom is 0.435 e. The van der Waals surface area contributed by atoms with Gasteiger partial charge < -0.3 is 0 Å². The molecule has 0 aliphatic rings. The summed E-state index contributed by atoms with van der Waals surface area (Å²) in [5, 5.41) is 3.44. The highest BCUT2D eigenvalue weighted by atomic mass is 19.4. The molecule has 2 heterocycles. The van der Waals surface area contributed by atoms with Crippen molar-refractivity contribution < 1.29 is 18.0 Å². The molecule has 0 aromatic carbocycles. The summed E-state index contributed by atoms with van der Waals surface area (Å²) in [7, 11) is 1.39. The molecule has 0 unspecified atom stereocenters. The fourth-order valence-electron chi connectivity index (χ4n) is 2.05. The normalized spacial score (nSPS) is 11.5. The molecule has 5 nitrogen and oxygen atoms in total. The van der Waals surface area contributed by atoms with Gasteiger partial charge in [0.1, 0.15) is 5.82 Å². The van der Waals surface area contributed by atoms with Gasteiger partial charge in [0.05, 0.1) is 5.56 Å². The van der Waals surface area contributed by atoms with Gasteiger partial charge in [-0.25, -0.2) is 4.98 Å². The maximum atomic E-state index is 13.0. The number of carbonyl (C=O) groups is 1. The number of amides is 1. The Morgan fingerprint density at radius 3 is 2.64 bits per heavy atom. The lowest BCUT2D eigenvalue weighted by Gasteiger charge is -2.18. The van der Waals surface area contributed by atoms with E-state index >= 15 is 0 Å². The predicted octanol–water partition coefficient (Wildman–Crippen LogP) is 2.90. The molecule has 118 valence electrons. The Bertz CT molecular complexity index is 694. The third-order valence-electron chi connectivity index (χ3n) is 3.19. The molecule has 0 saturated carbocycles. The van der Waals surface area contributed by atoms with E-state index in [1.807, 2.05) is 0 Å². The van der Waals surface area contributed by atoms with Gasteiger partial charge in [-0.3, -0.25) is 14.4 Å². The van der Waals surface area contributed by atoms with Gasteiger partial charge in [-0.1, -0.05) is 6.07 Å². The number of anilines is 1. The number of hydrogen-bond donors (Lipinski definition) is 0. The average molecular weight is 312 g/mol. The molecule has 0 aliphatic carbocycles. The highest BCUT2D eigenvalue weighted by Crippen LogP contribution is 2.31. The zero-order valence-electron chi connectivity index (χ0n) is 12.3. The van der Waals surface area contributed by atoms with Crippen LogP contribution in [0.5, 0.6) is 0 Å². The maximum absolute atomic E-state index is 13.0. The summed E-state index contributed by atoms with van der Waals surface area (Å²) in [4.78, 5) is 17.6. The Hall–Kier alpha value is -2.38. The Balaban J connectivity index is 2.45. The van der Waals surface area contributed by atoms with Crippen molar-refractivity contribution in [2.75, 3.05) is 11.9 Å².